The summed E-state index contributed by atoms with van der Waals surface area (Å²) in [4.78, 5) is 4.73. The van der Waals surface area contributed by atoms with Gasteiger partial charge in [-0.2, -0.15) is 0 Å². The van der Waals surface area contributed by atoms with Crippen molar-refractivity contribution in [2.24, 2.45) is 0 Å². The molecule has 0 bridgehead atoms. The molecule has 4 aromatic rings. The van der Waals surface area contributed by atoms with Crippen molar-refractivity contribution in [3.8, 4) is 5.75 Å². The minimum atomic E-state index is 0.574. The average molecular weight is 344 g/mol. The van der Waals surface area contributed by atoms with E-state index >= 15 is 0 Å². The van der Waals surface area contributed by atoms with E-state index in [4.69, 9.17) is 14.1 Å². The first-order valence-corrected chi connectivity index (χ1v) is 8.66. The number of ether oxygens (including phenoxy) is 1. The van der Waals surface area contributed by atoms with Crippen LogP contribution in [-0.4, -0.2) is 16.2 Å². The number of furan rings is 1. The average Bonchev–Trinajstić information content (AvgIpc) is 3.30. The zero-order valence-corrected chi connectivity index (χ0v) is 14.6. The Kier molecular flexibility index (Phi) is 4.56. The van der Waals surface area contributed by atoms with Gasteiger partial charge in [0.05, 0.1) is 23.8 Å². The largest absolute Gasteiger partial charge is 0.492 e. The second-order valence-electron chi connectivity index (χ2n) is 6.12. The highest BCUT2D eigenvalue weighted by Crippen LogP contribution is 2.19. The van der Waals surface area contributed by atoms with Crippen molar-refractivity contribution in [2.45, 2.75) is 13.5 Å². The van der Waals surface area contributed by atoms with E-state index in [1.807, 2.05) is 54.6 Å². The quantitative estimate of drug-likeness (QED) is 0.483. The summed E-state index contributed by atoms with van der Waals surface area (Å²) in [5, 5.41) is 0. The lowest BCUT2D eigenvalue weighted by Crippen LogP contribution is -2.09. The van der Waals surface area contributed by atoms with Gasteiger partial charge in [-0.1, -0.05) is 29.8 Å². The maximum absolute atomic E-state index is 5.90. The van der Waals surface area contributed by atoms with Crippen molar-refractivity contribution in [1.29, 1.82) is 0 Å². The number of hydrogen-bond acceptors (Lipinski definition) is 3. The number of imidazole rings is 1. The van der Waals surface area contributed by atoms with Crippen molar-refractivity contribution < 1.29 is 9.15 Å². The number of benzene rings is 2. The number of aryl methyl sites for hydroxylation is 1. The molecular formula is C22H20N2O2. The van der Waals surface area contributed by atoms with Gasteiger partial charge in [-0.25, -0.2) is 4.98 Å². The number of rotatable bonds is 6. The Balaban J connectivity index is 1.56. The third-order valence-corrected chi connectivity index (χ3v) is 4.23. The maximum atomic E-state index is 5.90. The van der Waals surface area contributed by atoms with Crippen LogP contribution >= 0.6 is 0 Å². The molecule has 130 valence electrons. The highest BCUT2D eigenvalue weighted by atomic mass is 16.5. The van der Waals surface area contributed by atoms with Crippen molar-refractivity contribution in [2.75, 3.05) is 6.61 Å². The molecule has 0 N–H and O–H groups in total. The van der Waals surface area contributed by atoms with Gasteiger partial charge in [0.1, 0.15) is 23.9 Å². The standard InChI is InChI=1S/C22H20N2O2/c1-17-8-10-19(11-9-17)26-16-14-24-21-7-3-2-6-20(21)23-22(24)13-12-18-5-4-15-25-18/h2-13,15H,14,16H2,1H3/b13-12+. The fraction of sp³-hybridized carbons (Fsp3) is 0.136. The fourth-order valence-electron chi connectivity index (χ4n) is 2.89. The molecule has 2 heterocycles. The van der Waals surface area contributed by atoms with Gasteiger partial charge in [-0.05, 0) is 55.5 Å². The fourth-order valence-corrected chi connectivity index (χ4v) is 2.89. The summed E-state index contributed by atoms with van der Waals surface area (Å²) >= 11 is 0. The van der Waals surface area contributed by atoms with Crippen LogP contribution in [0.3, 0.4) is 0 Å². The SMILES string of the molecule is Cc1ccc(OCCn2c(/C=C/c3ccco3)nc3ccccc32)cc1. The molecule has 0 aliphatic carbocycles. The highest BCUT2D eigenvalue weighted by Gasteiger charge is 2.08. The minimum Gasteiger partial charge on any atom is -0.492 e. The molecule has 0 saturated heterocycles. The minimum absolute atomic E-state index is 0.574. The van der Waals surface area contributed by atoms with Crippen LogP contribution in [0, 0.1) is 6.92 Å². The number of para-hydroxylation sites is 2. The van der Waals surface area contributed by atoms with E-state index in [2.05, 4.69) is 29.7 Å². The van der Waals surface area contributed by atoms with Gasteiger partial charge >= 0.3 is 0 Å². The van der Waals surface area contributed by atoms with Gasteiger partial charge in [0.25, 0.3) is 0 Å². The van der Waals surface area contributed by atoms with Gasteiger partial charge < -0.3 is 13.7 Å². The predicted molar refractivity (Wildman–Crippen MR) is 104 cm³/mol. The van der Waals surface area contributed by atoms with E-state index in [1.165, 1.54) is 5.56 Å². The summed E-state index contributed by atoms with van der Waals surface area (Å²) in [6, 6.07) is 20.0. The molecule has 0 spiro atoms. The molecule has 0 unspecified atom stereocenters. The summed E-state index contributed by atoms with van der Waals surface area (Å²) in [5.41, 5.74) is 3.30. The summed E-state index contributed by atoms with van der Waals surface area (Å²) in [6.45, 7) is 3.36. The van der Waals surface area contributed by atoms with Gasteiger partial charge in [0.15, 0.2) is 0 Å². The molecule has 0 aliphatic heterocycles. The predicted octanol–water partition coefficient (Wildman–Crippen LogP) is 5.19. The Labute approximate surface area is 152 Å². The van der Waals surface area contributed by atoms with Crippen molar-refractivity contribution in [3.63, 3.8) is 0 Å². The maximum Gasteiger partial charge on any atom is 0.134 e. The Hall–Kier alpha value is -3.27. The molecule has 4 heteroatoms. The van der Waals surface area contributed by atoms with Crippen LogP contribution in [0.4, 0.5) is 0 Å². The zero-order chi connectivity index (χ0) is 17.8. The third-order valence-electron chi connectivity index (χ3n) is 4.23. The summed E-state index contributed by atoms with van der Waals surface area (Å²) in [7, 11) is 0. The molecular weight excluding hydrogens is 324 g/mol. The number of fused-ring (bicyclic) bond motifs is 1. The first-order chi connectivity index (χ1) is 12.8. The first-order valence-electron chi connectivity index (χ1n) is 8.66. The normalized spacial score (nSPS) is 11.4. The molecule has 4 rings (SSSR count). The van der Waals surface area contributed by atoms with Crippen molar-refractivity contribution in [3.05, 3.63) is 84.1 Å². The highest BCUT2D eigenvalue weighted by molar-refractivity contribution is 5.79. The second-order valence-corrected chi connectivity index (χ2v) is 6.12. The van der Waals surface area contributed by atoms with Crippen molar-refractivity contribution >= 4 is 23.2 Å². The van der Waals surface area contributed by atoms with Crippen LogP contribution in [0.2, 0.25) is 0 Å². The third kappa shape index (κ3) is 3.54. The Bertz CT molecular complexity index is 1010. The number of nitrogens with zero attached hydrogens (tertiary/aromatic N) is 2. The van der Waals surface area contributed by atoms with Gasteiger partial charge in [0.2, 0.25) is 0 Å². The molecule has 0 radical (unpaired) electrons. The second kappa shape index (κ2) is 7.31. The lowest BCUT2D eigenvalue weighted by Gasteiger charge is -2.09. The van der Waals surface area contributed by atoms with Gasteiger partial charge in [-0.3, -0.25) is 0 Å². The summed E-state index contributed by atoms with van der Waals surface area (Å²) < 4.78 is 13.4. The molecule has 26 heavy (non-hydrogen) atoms. The van der Waals surface area contributed by atoms with Crippen LogP contribution in [0.1, 0.15) is 17.1 Å². The molecule has 0 saturated carbocycles. The van der Waals surface area contributed by atoms with Gasteiger partial charge in [0, 0.05) is 0 Å². The molecule has 0 amide bonds. The zero-order valence-electron chi connectivity index (χ0n) is 14.6. The molecule has 0 fully saturated rings. The number of hydrogen-bond donors (Lipinski definition) is 0. The smallest absolute Gasteiger partial charge is 0.134 e. The van der Waals surface area contributed by atoms with Gasteiger partial charge in [-0.15, -0.1) is 0 Å². The van der Waals surface area contributed by atoms with Crippen LogP contribution in [-0.2, 0) is 6.54 Å². The van der Waals surface area contributed by atoms with Crippen molar-refractivity contribution in [1.82, 2.24) is 9.55 Å². The summed E-state index contributed by atoms with van der Waals surface area (Å²) in [5.74, 6) is 2.57. The van der Waals surface area contributed by atoms with E-state index in [9.17, 15) is 0 Å². The molecule has 0 atom stereocenters. The first kappa shape index (κ1) is 16.2. The van der Waals surface area contributed by atoms with Crippen LogP contribution < -0.4 is 4.74 Å². The topological polar surface area (TPSA) is 40.2 Å². The Morgan fingerprint density at radius 3 is 2.65 bits per heavy atom. The van der Waals surface area contributed by atoms with E-state index in [-0.39, 0.29) is 0 Å². The van der Waals surface area contributed by atoms with Crippen LogP contribution in [0.25, 0.3) is 23.2 Å². The van der Waals surface area contributed by atoms with E-state index in [0.29, 0.717) is 13.2 Å². The Morgan fingerprint density at radius 2 is 1.85 bits per heavy atom. The Morgan fingerprint density at radius 1 is 1.00 bits per heavy atom. The molecule has 4 nitrogen and oxygen atoms in total. The molecule has 2 aromatic heterocycles. The van der Waals surface area contributed by atoms with E-state index in [0.717, 1.165) is 28.4 Å². The molecule has 0 aliphatic rings. The lowest BCUT2D eigenvalue weighted by atomic mass is 10.2. The van der Waals surface area contributed by atoms with E-state index in [1.54, 1.807) is 6.26 Å². The van der Waals surface area contributed by atoms with Crippen LogP contribution in [0.15, 0.2) is 71.3 Å². The lowest BCUT2D eigenvalue weighted by molar-refractivity contribution is 0.299. The monoisotopic (exact) mass is 344 g/mol. The van der Waals surface area contributed by atoms with Crippen LogP contribution in [0.5, 0.6) is 5.75 Å². The molecule has 2 aromatic carbocycles. The summed E-state index contributed by atoms with van der Waals surface area (Å²) in [6.07, 6.45) is 5.57. The van der Waals surface area contributed by atoms with E-state index < -0.39 is 0 Å². The number of aromatic nitrogens is 2.